The molecular formula is C10H13ClN2O3. The standard InChI is InChI=1S/C10H13ClN2O3/c1-7(14)5-12-6-8-2-3-9(13(15)16)4-10(8)11/h2-4,7,12,14H,5-6H2,1H3. The Hall–Kier alpha value is -1.17. The molecule has 0 aromatic heterocycles. The maximum Gasteiger partial charge on any atom is 0.270 e. The highest BCUT2D eigenvalue weighted by Crippen LogP contribution is 2.22. The van der Waals surface area contributed by atoms with E-state index in [1.165, 1.54) is 12.1 Å². The van der Waals surface area contributed by atoms with Crippen molar-refractivity contribution in [2.45, 2.75) is 19.6 Å². The second-order valence-electron chi connectivity index (χ2n) is 3.51. The molecule has 0 aliphatic rings. The van der Waals surface area contributed by atoms with Gasteiger partial charge in [-0.2, -0.15) is 0 Å². The monoisotopic (exact) mass is 244 g/mol. The van der Waals surface area contributed by atoms with Gasteiger partial charge >= 0.3 is 0 Å². The van der Waals surface area contributed by atoms with Crippen LogP contribution in [0, 0.1) is 10.1 Å². The second kappa shape index (κ2) is 5.79. The number of benzene rings is 1. The molecule has 0 bridgehead atoms. The molecule has 1 rings (SSSR count). The van der Waals surface area contributed by atoms with Crippen LogP contribution in [0.5, 0.6) is 0 Å². The van der Waals surface area contributed by atoms with Crippen molar-refractivity contribution >= 4 is 17.3 Å². The fourth-order valence-corrected chi connectivity index (χ4v) is 1.45. The Kier molecular flexibility index (Phi) is 4.67. The van der Waals surface area contributed by atoms with E-state index < -0.39 is 11.0 Å². The predicted molar refractivity (Wildman–Crippen MR) is 61.5 cm³/mol. The number of hydrogen-bond acceptors (Lipinski definition) is 4. The Bertz CT molecular complexity index is 382. The van der Waals surface area contributed by atoms with Crippen LogP contribution in [0.15, 0.2) is 18.2 Å². The summed E-state index contributed by atoms with van der Waals surface area (Å²) >= 11 is 5.88. The van der Waals surface area contributed by atoms with Crippen LogP contribution in [-0.2, 0) is 6.54 Å². The summed E-state index contributed by atoms with van der Waals surface area (Å²) in [6.07, 6.45) is -0.433. The normalized spacial score (nSPS) is 12.4. The molecule has 0 amide bonds. The van der Waals surface area contributed by atoms with Gasteiger partial charge in [0, 0.05) is 25.2 Å². The van der Waals surface area contributed by atoms with Gasteiger partial charge in [-0.1, -0.05) is 11.6 Å². The molecule has 0 saturated carbocycles. The van der Waals surface area contributed by atoms with Gasteiger partial charge in [0.15, 0.2) is 0 Å². The maximum absolute atomic E-state index is 10.5. The Balaban J connectivity index is 2.64. The molecule has 1 unspecified atom stereocenters. The number of nitrogens with zero attached hydrogens (tertiary/aromatic N) is 1. The van der Waals surface area contributed by atoms with Crippen LogP contribution in [-0.4, -0.2) is 22.7 Å². The number of nitro benzene ring substituents is 1. The zero-order valence-electron chi connectivity index (χ0n) is 8.81. The van der Waals surface area contributed by atoms with Crippen molar-refractivity contribution in [1.82, 2.24) is 5.32 Å². The Morgan fingerprint density at radius 1 is 1.62 bits per heavy atom. The lowest BCUT2D eigenvalue weighted by Crippen LogP contribution is -2.23. The van der Waals surface area contributed by atoms with E-state index in [-0.39, 0.29) is 5.69 Å². The summed E-state index contributed by atoms with van der Waals surface area (Å²) in [6, 6.07) is 4.34. The summed E-state index contributed by atoms with van der Waals surface area (Å²) in [5.41, 5.74) is 0.747. The van der Waals surface area contributed by atoms with Gasteiger partial charge in [-0.05, 0) is 18.6 Å². The first kappa shape index (κ1) is 12.9. The van der Waals surface area contributed by atoms with Gasteiger partial charge in [-0.15, -0.1) is 0 Å². The van der Waals surface area contributed by atoms with Crippen LogP contribution >= 0.6 is 11.6 Å². The fourth-order valence-electron chi connectivity index (χ4n) is 1.21. The lowest BCUT2D eigenvalue weighted by molar-refractivity contribution is -0.384. The molecule has 0 spiro atoms. The molecule has 0 aliphatic carbocycles. The third kappa shape index (κ3) is 3.77. The van der Waals surface area contributed by atoms with Crippen LogP contribution in [0.3, 0.4) is 0 Å². The maximum atomic E-state index is 10.5. The lowest BCUT2D eigenvalue weighted by Gasteiger charge is -2.08. The molecule has 1 atom stereocenters. The topological polar surface area (TPSA) is 75.4 Å². The molecule has 0 heterocycles. The van der Waals surface area contributed by atoms with Crippen LogP contribution in [0.4, 0.5) is 5.69 Å². The second-order valence-corrected chi connectivity index (χ2v) is 3.92. The minimum Gasteiger partial charge on any atom is -0.392 e. The lowest BCUT2D eigenvalue weighted by atomic mass is 10.2. The molecule has 0 radical (unpaired) electrons. The molecule has 0 aliphatic heterocycles. The van der Waals surface area contributed by atoms with E-state index in [2.05, 4.69) is 5.32 Å². The quantitative estimate of drug-likeness (QED) is 0.611. The highest BCUT2D eigenvalue weighted by molar-refractivity contribution is 6.31. The highest BCUT2D eigenvalue weighted by Gasteiger charge is 2.09. The van der Waals surface area contributed by atoms with Gasteiger partial charge in [0.25, 0.3) is 5.69 Å². The van der Waals surface area contributed by atoms with Crippen molar-refractivity contribution < 1.29 is 10.0 Å². The molecule has 5 nitrogen and oxygen atoms in total. The average Bonchev–Trinajstić information content (AvgIpc) is 2.19. The minimum absolute atomic E-state index is 0.0238. The number of nitrogens with one attached hydrogen (secondary N) is 1. The van der Waals surface area contributed by atoms with Gasteiger partial charge in [0.1, 0.15) is 0 Å². The van der Waals surface area contributed by atoms with Crippen LogP contribution in [0.1, 0.15) is 12.5 Å². The van der Waals surface area contributed by atoms with Crippen molar-refractivity contribution in [1.29, 1.82) is 0 Å². The number of hydrogen-bond donors (Lipinski definition) is 2. The van der Waals surface area contributed by atoms with Crippen LogP contribution in [0.25, 0.3) is 0 Å². The zero-order valence-corrected chi connectivity index (χ0v) is 9.57. The van der Waals surface area contributed by atoms with Gasteiger partial charge in [0.2, 0.25) is 0 Å². The number of halogens is 1. The largest absolute Gasteiger partial charge is 0.392 e. The molecule has 88 valence electrons. The molecule has 0 fully saturated rings. The van der Waals surface area contributed by atoms with Gasteiger partial charge in [0.05, 0.1) is 16.0 Å². The van der Waals surface area contributed by atoms with E-state index in [0.29, 0.717) is 18.1 Å². The summed E-state index contributed by atoms with van der Waals surface area (Å²) in [5.74, 6) is 0. The van der Waals surface area contributed by atoms with E-state index in [9.17, 15) is 10.1 Å². The first-order chi connectivity index (χ1) is 7.50. The minimum atomic E-state index is -0.487. The molecular weight excluding hydrogens is 232 g/mol. The summed E-state index contributed by atoms with van der Waals surface area (Å²) in [7, 11) is 0. The summed E-state index contributed by atoms with van der Waals surface area (Å²) < 4.78 is 0. The van der Waals surface area contributed by atoms with E-state index in [0.717, 1.165) is 5.56 Å². The molecule has 1 aromatic rings. The smallest absolute Gasteiger partial charge is 0.270 e. The molecule has 0 saturated heterocycles. The van der Waals surface area contributed by atoms with Crippen LogP contribution in [0.2, 0.25) is 5.02 Å². The van der Waals surface area contributed by atoms with Gasteiger partial charge < -0.3 is 10.4 Å². The van der Waals surface area contributed by atoms with Crippen molar-refractivity contribution in [2.75, 3.05) is 6.54 Å². The Morgan fingerprint density at radius 3 is 2.81 bits per heavy atom. The zero-order chi connectivity index (χ0) is 12.1. The summed E-state index contributed by atoms with van der Waals surface area (Å²) in [6.45, 7) is 2.60. The first-order valence-electron chi connectivity index (χ1n) is 4.82. The van der Waals surface area contributed by atoms with Gasteiger partial charge in [-0.25, -0.2) is 0 Å². The van der Waals surface area contributed by atoms with Crippen LogP contribution < -0.4 is 5.32 Å². The molecule has 16 heavy (non-hydrogen) atoms. The number of rotatable bonds is 5. The summed E-state index contributed by atoms with van der Waals surface area (Å²) in [5, 5.41) is 22.8. The number of aliphatic hydroxyl groups excluding tert-OH is 1. The van der Waals surface area contributed by atoms with Crippen molar-refractivity contribution in [3.8, 4) is 0 Å². The van der Waals surface area contributed by atoms with Crippen molar-refractivity contribution in [3.63, 3.8) is 0 Å². The van der Waals surface area contributed by atoms with Gasteiger partial charge in [-0.3, -0.25) is 10.1 Å². The SMILES string of the molecule is CC(O)CNCc1ccc([N+](=O)[O-])cc1Cl. The van der Waals surface area contributed by atoms with E-state index in [1.54, 1.807) is 13.0 Å². The number of nitro groups is 1. The van der Waals surface area contributed by atoms with Crippen molar-refractivity contribution in [2.24, 2.45) is 0 Å². The summed E-state index contributed by atoms with van der Waals surface area (Å²) in [4.78, 5) is 9.98. The number of non-ortho nitro benzene ring substituents is 1. The number of aliphatic hydroxyl groups is 1. The Morgan fingerprint density at radius 2 is 2.31 bits per heavy atom. The molecule has 2 N–H and O–H groups in total. The molecule has 6 heteroatoms. The average molecular weight is 245 g/mol. The Labute approximate surface area is 98.2 Å². The third-order valence-corrected chi connectivity index (χ3v) is 2.35. The third-order valence-electron chi connectivity index (χ3n) is 2.00. The highest BCUT2D eigenvalue weighted by atomic mass is 35.5. The first-order valence-corrected chi connectivity index (χ1v) is 5.20. The van der Waals surface area contributed by atoms with Crippen molar-refractivity contribution in [3.05, 3.63) is 38.9 Å². The van der Waals surface area contributed by atoms with E-state index in [1.807, 2.05) is 0 Å². The van der Waals surface area contributed by atoms with E-state index >= 15 is 0 Å². The molecule has 1 aromatic carbocycles. The fraction of sp³-hybridized carbons (Fsp3) is 0.400. The van der Waals surface area contributed by atoms with E-state index in [4.69, 9.17) is 16.7 Å². The predicted octanol–water partition coefficient (Wildman–Crippen LogP) is 1.72.